The van der Waals surface area contributed by atoms with Gasteiger partial charge < -0.3 is 4.74 Å². The van der Waals surface area contributed by atoms with Crippen LogP contribution in [0.15, 0.2) is 24.3 Å². The Balaban J connectivity index is 1.80. The van der Waals surface area contributed by atoms with E-state index in [1.807, 2.05) is 0 Å². The summed E-state index contributed by atoms with van der Waals surface area (Å²) in [6.07, 6.45) is -1.88. The van der Waals surface area contributed by atoms with Crippen LogP contribution in [0.5, 0.6) is 5.75 Å². The number of hydrogen-bond acceptors (Lipinski definition) is 2. The third-order valence-corrected chi connectivity index (χ3v) is 3.79. The minimum atomic E-state index is -4.07. The van der Waals surface area contributed by atoms with E-state index in [2.05, 4.69) is 0 Å². The highest BCUT2D eigenvalue weighted by molar-refractivity contribution is 5.75. The standard InChI is InChI=1S/C15H17F3O2/c16-15(17,18)13-6-4-11(5-7-13)10-20-14-3-1-2-12(8-14)9-19/h1-3,8-9,11,13H,4-7,10H2/t11-,13-. The van der Waals surface area contributed by atoms with E-state index in [0.29, 0.717) is 30.8 Å². The number of carbonyl (C=O) groups is 1. The van der Waals surface area contributed by atoms with Gasteiger partial charge in [-0.2, -0.15) is 13.2 Å². The Labute approximate surface area is 115 Å². The quantitative estimate of drug-likeness (QED) is 0.774. The van der Waals surface area contributed by atoms with Gasteiger partial charge in [0.1, 0.15) is 12.0 Å². The number of carbonyl (C=O) groups excluding carboxylic acids is 1. The van der Waals surface area contributed by atoms with Gasteiger partial charge in [0, 0.05) is 5.56 Å². The van der Waals surface area contributed by atoms with Crippen molar-refractivity contribution in [3.63, 3.8) is 0 Å². The summed E-state index contributed by atoms with van der Waals surface area (Å²) in [6.45, 7) is 0.410. The monoisotopic (exact) mass is 286 g/mol. The molecule has 0 bridgehead atoms. The molecule has 1 aliphatic carbocycles. The Kier molecular flexibility index (Phi) is 4.68. The molecule has 0 amide bonds. The van der Waals surface area contributed by atoms with Gasteiger partial charge in [0.15, 0.2) is 0 Å². The second-order valence-electron chi connectivity index (χ2n) is 5.26. The van der Waals surface area contributed by atoms with Gasteiger partial charge in [0.05, 0.1) is 12.5 Å². The van der Waals surface area contributed by atoms with Gasteiger partial charge in [-0.15, -0.1) is 0 Å². The lowest BCUT2D eigenvalue weighted by Crippen LogP contribution is -2.29. The summed E-state index contributed by atoms with van der Waals surface area (Å²) in [4.78, 5) is 10.6. The molecule has 2 nitrogen and oxygen atoms in total. The number of halogens is 3. The van der Waals surface area contributed by atoms with Crippen LogP contribution in [0.1, 0.15) is 36.0 Å². The molecule has 20 heavy (non-hydrogen) atoms. The molecule has 0 unspecified atom stereocenters. The maximum absolute atomic E-state index is 12.5. The van der Waals surface area contributed by atoms with Crippen molar-refractivity contribution in [1.29, 1.82) is 0 Å². The van der Waals surface area contributed by atoms with Crippen LogP contribution < -0.4 is 4.74 Å². The minimum absolute atomic E-state index is 0.161. The van der Waals surface area contributed by atoms with E-state index in [4.69, 9.17) is 4.74 Å². The van der Waals surface area contributed by atoms with Gasteiger partial charge in [-0.1, -0.05) is 12.1 Å². The van der Waals surface area contributed by atoms with Crippen molar-refractivity contribution in [2.75, 3.05) is 6.61 Å². The van der Waals surface area contributed by atoms with E-state index in [0.717, 1.165) is 6.29 Å². The summed E-state index contributed by atoms with van der Waals surface area (Å²) in [6, 6.07) is 6.77. The molecule has 2 rings (SSSR count). The van der Waals surface area contributed by atoms with Crippen molar-refractivity contribution in [3.8, 4) is 5.75 Å². The highest BCUT2D eigenvalue weighted by atomic mass is 19.4. The Bertz CT molecular complexity index is 449. The third kappa shape index (κ3) is 3.99. The van der Waals surface area contributed by atoms with Crippen molar-refractivity contribution in [1.82, 2.24) is 0 Å². The average molecular weight is 286 g/mol. The van der Waals surface area contributed by atoms with E-state index >= 15 is 0 Å². The Morgan fingerprint density at radius 2 is 1.90 bits per heavy atom. The van der Waals surface area contributed by atoms with Crippen molar-refractivity contribution in [3.05, 3.63) is 29.8 Å². The molecule has 1 aromatic rings. The second kappa shape index (κ2) is 6.29. The van der Waals surface area contributed by atoms with Gasteiger partial charge >= 0.3 is 6.18 Å². The topological polar surface area (TPSA) is 26.3 Å². The van der Waals surface area contributed by atoms with Crippen LogP contribution in [0.2, 0.25) is 0 Å². The molecule has 0 heterocycles. The Hall–Kier alpha value is -1.52. The Morgan fingerprint density at radius 3 is 2.50 bits per heavy atom. The van der Waals surface area contributed by atoms with Crippen LogP contribution in [-0.2, 0) is 0 Å². The molecular weight excluding hydrogens is 269 g/mol. The lowest BCUT2D eigenvalue weighted by Gasteiger charge is -2.29. The summed E-state index contributed by atoms with van der Waals surface area (Å²) in [5.74, 6) is -0.404. The van der Waals surface area contributed by atoms with Crippen LogP contribution in [0.3, 0.4) is 0 Å². The van der Waals surface area contributed by atoms with E-state index in [9.17, 15) is 18.0 Å². The first-order valence-corrected chi connectivity index (χ1v) is 6.74. The predicted octanol–water partition coefficient (Wildman–Crippen LogP) is 4.25. The molecule has 0 saturated heterocycles. The molecule has 0 aromatic heterocycles. The van der Waals surface area contributed by atoms with E-state index in [1.165, 1.54) is 0 Å². The van der Waals surface area contributed by atoms with Crippen LogP contribution in [-0.4, -0.2) is 19.1 Å². The zero-order valence-electron chi connectivity index (χ0n) is 11.0. The molecule has 1 aromatic carbocycles. The molecule has 1 fully saturated rings. The zero-order chi connectivity index (χ0) is 14.6. The first-order valence-electron chi connectivity index (χ1n) is 6.74. The first-order chi connectivity index (χ1) is 9.49. The smallest absolute Gasteiger partial charge is 0.391 e. The Morgan fingerprint density at radius 1 is 1.20 bits per heavy atom. The number of aldehydes is 1. The second-order valence-corrected chi connectivity index (χ2v) is 5.26. The maximum Gasteiger partial charge on any atom is 0.391 e. The normalized spacial score (nSPS) is 23.4. The van der Waals surface area contributed by atoms with Crippen LogP contribution in [0.4, 0.5) is 13.2 Å². The highest BCUT2D eigenvalue weighted by Crippen LogP contribution is 2.39. The molecule has 1 aliphatic rings. The predicted molar refractivity (Wildman–Crippen MR) is 68.8 cm³/mol. The molecule has 5 heteroatoms. The SMILES string of the molecule is O=Cc1cccc(OC[C@H]2CC[C@H](C(F)(F)F)CC2)c1. The summed E-state index contributed by atoms with van der Waals surface area (Å²) in [5, 5.41) is 0. The number of ether oxygens (including phenoxy) is 1. The van der Waals surface area contributed by atoms with Crippen LogP contribution in [0, 0.1) is 11.8 Å². The fraction of sp³-hybridized carbons (Fsp3) is 0.533. The highest BCUT2D eigenvalue weighted by Gasteiger charge is 2.41. The lowest BCUT2D eigenvalue weighted by atomic mass is 9.82. The van der Waals surface area contributed by atoms with Crippen molar-refractivity contribution >= 4 is 6.29 Å². The number of rotatable bonds is 4. The number of benzene rings is 1. The fourth-order valence-electron chi connectivity index (χ4n) is 2.55. The van der Waals surface area contributed by atoms with Crippen LogP contribution >= 0.6 is 0 Å². The van der Waals surface area contributed by atoms with E-state index < -0.39 is 12.1 Å². The largest absolute Gasteiger partial charge is 0.493 e. The minimum Gasteiger partial charge on any atom is -0.493 e. The van der Waals surface area contributed by atoms with Gasteiger partial charge in [-0.05, 0) is 43.7 Å². The fourth-order valence-corrected chi connectivity index (χ4v) is 2.55. The lowest BCUT2D eigenvalue weighted by molar-refractivity contribution is -0.184. The first kappa shape index (κ1) is 14.9. The molecule has 0 spiro atoms. The molecular formula is C15H17F3O2. The third-order valence-electron chi connectivity index (χ3n) is 3.79. The van der Waals surface area contributed by atoms with E-state index in [-0.39, 0.29) is 18.8 Å². The molecule has 1 saturated carbocycles. The zero-order valence-corrected chi connectivity index (χ0v) is 11.0. The van der Waals surface area contributed by atoms with Gasteiger partial charge in [0.25, 0.3) is 0 Å². The molecule has 110 valence electrons. The maximum atomic E-state index is 12.5. The summed E-state index contributed by atoms with van der Waals surface area (Å²) in [5.41, 5.74) is 0.531. The van der Waals surface area contributed by atoms with E-state index in [1.54, 1.807) is 24.3 Å². The van der Waals surface area contributed by atoms with Crippen LogP contribution in [0.25, 0.3) is 0 Å². The van der Waals surface area contributed by atoms with Crippen molar-refractivity contribution in [2.45, 2.75) is 31.9 Å². The molecule has 0 atom stereocenters. The number of hydrogen-bond donors (Lipinski definition) is 0. The van der Waals surface area contributed by atoms with Gasteiger partial charge in [0.2, 0.25) is 0 Å². The van der Waals surface area contributed by atoms with Crippen molar-refractivity contribution in [2.24, 2.45) is 11.8 Å². The molecule has 0 radical (unpaired) electrons. The summed E-state index contributed by atoms with van der Waals surface area (Å²) >= 11 is 0. The summed E-state index contributed by atoms with van der Waals surface area (Å²) < 4.78 is 43.2. The molecule has 0 aliphatic heterocycles. The van der Waals surface area contributed by atoms with Crippen molar-refractivity contribution < 1.29 is 22.7 Å². The van der Waals surface area contributed by atoms with Gasteiger partial charge in [-0.25, -0.2) is 0 Å². The number of alkyl halides is 3. The summed E-state index contributed by atoms with van der Waals surface area (Å²) in [7, 11) is 0. The average Bonchev–Trinajstić information content (AvgIpc) is 2.45. The molecule has 0 N–H and O–H groups in total. The van der Waals surface area contributed by atoms with Gasteiger partial charge in [-0.3, -0.25) is 4.79 Å².